The van der Waals surface area contributed by atoms with E-state index in [-0.39, 0.29) is 17.6 Å². The predicted octanol–water partition coefficient (Wildman–Crippen LogP) is 3.25. The fourth-order valence-corrected chi connectivity index (χ4v) is 3.07. The molecule has 5 heteroatoms. The maximum absolute atomic E-state index is 14.3. The van der Waals surface area contributed by atoms with Crippen molar-refractivity contribution in [3.05, 3.63) is 23.0 Å². The van der Waals surface area contributed by atoms with Gasteiger partial charge in [-0.25, -0.2) is 0 Å². The summed E-state index contributed by atoms with van der Waals surface area (Å²) >= 11 is 6.10. The van der Waals surface area contributed by atoms with Gasteiger partial charge < -0.3 is 14.8 Å². The first-order valence-corrected chi connectivity index (χ1v) is 7.48. The van der Waals surface area contributed by atoms with E-state index in [1.165, 1.54) is 13.2 Å². The summed E-state index contributed by atoms with van der Waals surface area (Å²) < 4.78 is 25.3. The van der Waals surface area contributed by atoms with Crippen LogP contribution in [-0.2, 0) is 0 Å². The first-order chi connectivity index (χ1) is 9.70. The van der Waals surface area contributed by atoms with Crippen LogP contribution in [0.15, 0.2) is 12.1 Å². The van der Waals surface area contributed by atoms with Crippen molar-refractivity contribution in [1.29, 1.82) is 0 Å². The SMILES string of the molecule is COc1ccc(Cl)c(O[C@@H](C2CC2)[C@H]2CCNC2)c1F. The summed E-state index contributed by atoms with van der Waals surface area (Å²) in [5, 5.41) is 3.65. The van der Waals surface area contributed by atoms with Gasteiger partial charge in [-0.2, -0.15) is 4.39 Å². The number of hydrogen-bond donors (Lipinski definition) is 1. The Labute approximate surface area is 123 Å². The van der Waals surface area contributed by atoms with E-state index in [4.69, 9.17) is 21.1 Å². The number of ether oxygens (including phenoxy) is 2. The second-order valence-electron chi connectivity index (χ2n) is 5.57. The number of benzene rings is 1. The quantitative estimate of drug-likeness (QED) is 0.905. The summed E-state index contributed by atoms with van der Waals surface area (Å²) in [6.45, 7) is 1.94. The molecule has 1 aromatic carbocycles. The van der Waals surface area contributed by atoms with E-state index >= 15 is 0 Å². The minimum absolute atomic E-state index is 0.0455. The van der Waals surface area contributed by atoms with E-state index in [0.29, 0.717) is 16.9 Å². The number of rotatable bonds is 5. The first kappa shape index (κ1) is 14.0. The van der Waals surface area contributed by atoms with Crippen molar-refractivity contribution in [1.82, 2.24) is 5.32 Å². The average Bonchev–Trinajstić information content (AvgIpc) is 3.13. The zero-order chi connectivity index (χ0) is 14.1. The Kier molecular flexibility index (Phi) is 4.03. The van der Waals surface area contributed by atoms with Gasteiger partial charge in [0.05, 0.1) is 12.1 Å². The molecule has 1 N–H and O–H groups in total. The van der Waals surface area contributed by atoms with Gasteiger partial charge in [-0.3, -0.25) is 0 Å². The van der Waals surface area contributed by atoms with Crippen LogP contribution >= 0.6 is 11.6 Å². The van der Waals surface area contributed by atoms with Crippen molar-refractivity contribution in [2.45, 2.75) is 25.4 Å². The van der Waals surface area contributed by atoms with E-state index in [1.54, 1.807) is 6.07 Å². The van der Waals surface area contributed by atoms with Gasteiger partial charge in [-0.15, -0.1) is 0 Å². The largest absolute Gasteiger partial charge is 0.494 e. The minimum atomic E-state index is -0.503. The van der Waals surface area contributed by atoms with Crippen LogP contribution in [0.25, 0.3) is 0 Å². The molecule has 2 aliphatic rings. The van der Waals surface area contributed by atoms with Gasteiger partial charge in [0.2, 0.25) is 5.82 Å². The molecule has 2 atom stereocenters. The molecule has 1 saturated heterocycles. The normalized spacial score (nSPS) is 23.6. The summed E-state index contributed by atoms with van der Waals surface area (Å²) in [5.41, 5.74) is 0. The molecule has 0 amide bonds. The van der Waals surface area contributed by atoms with Crippen LogP contribution in [0.4, 0.5) is 4.39 Å². The Morgan fingerprint density at radius 1 is 1.30 bits per heavy atom. The maximum atomic E-state index is 14.3. The van der Waals surface area contributed by atoms with Crippen molar-refractivity contribution in [3.8, 4) is 11.5 Å². The molecule has 0 radical (unpaired) electrons. The molecule has 0 spiro atoms. The monoisotopic (exact) mass is 299 g/mol. The van der Waals surface area contributed by atoms with Crippen LogP contribution in [0.5, 0.6) is 11.5 Å². The summed E-state index contributed by atoms with van der Waals surface area (Å²) in [5.74, 6) is 0.764. The van der Waals surface area contributed by atoms with Crippen molar-refractivity contribution in [2.24, 2.45) is 11.8 Å². The number of nitrogens with one attached hydrogen (secondary N) is 1. The molecule has 2 fully saturated rings. The molecule has 1 heterocycles. The van der Waals surface area contributed by atoms with E-state index in [9.17, 15) is 4.39 Å². The molecule has 0 aromatic heterocycles. The van der Waals surface area contributed by atoms with E-state index < -0.39 is 5.82 Å². The molecule has 3 rings (SSSR count). The Balaban J connectivity index is 1.84. The zero-order valence-electron chi connectivity index (χ0n) is 11.5. The minimum Gasteiger partial charge on any atom is -0.494 e. The van der Waals surface area contributed by atoms with Gasteiger partial charge in [0.15, 0.2) is 11.5 Å². The molecule has 0 unspecified atom stereocenters. The first-order valence-electron chi connectivity index (χ1n) is 7.10. The van der Waals surface area contributed by atoms with Crippen molar-refractivity contribution < 1.29 is 13.9 Å². The lowest BCUT2D eigenvalue weighted by Crippen LogP contribution is -2.31. The second-order valence-corrected chi connectivity index (χ2v) is 5.97. The van der Waals surface area contributed by atoms with Gasteiger partial charge in [-0.05, 0) is 43.9 Å². The van der Waals surface area contributed by atoms with Crippen LogP contribution in [0.2, 0.25) is 5.02 Å². The Morgan fingerprint density at radius 3 is 2.70 bits per heavy atom. The molecule has 110 valence electrons. The van der Waals surface area contributed by atoms with E-state index in [1.807, 2.05) is 0 Å². The molecule has 1 saturated carbocycles. The fourth-order valence-electron chi connectivity index (χ4n) is 2.88. The standard InChI is InChI=1S/C15H19ClFNO2/c1-19-12-5-4-11(16)15(13(12)17)20-14(9-2-3-9)10-6-7-18-8-10/h4-5,9-10,14,18H,2-3,6-8H2,1H3/t10-,14-/m0/s1. The molecule has 3 nitrogen and oxygen atoms in total. The topological polar surface area (TPSA) is 30.5 Å². The lowest BCUT2D eigenvalue weighted by Gasteiger charge is -2.25. The lowest BCUT2D eigenvalue weighted by atomic mass is 9.97. The van der Waals surface area contributed by atoms with Gasteiger partial charge in [0.25, 0.3) is 0 Å². The van der Waals surface area contributed by atoms with Crippen molar-refractivity contribution in [3.63, 3.8) is 0 Å². The molecule has 0 bridgehead atoms. The average molecular weight is 300 g/mol. The molecule has 1 aliphatic carbocycles. The van der Waals surface area contributed by atoms with Gasteiger partial charge in [-0.1, -0.05) is 11.6 Å². The summed E-state index contributed by atoms with van der Waals surface area (Å²) in [6, 6.07) is 3.14. The number of methoxy groups -OCH3 is 1. The van der Waals surface area contributed by atoms with Crippen LogP contribution in [-0.4, -0.2) is 26.3 Å². The third-order valence-electron chi connectivity index (χ3n) is 4.14. The van der Waals surface area contributed by atoms with Crippen LogP contribution in [0.3, 0.4) is 0 Å². The Morgan fingerprint density at radius 2 is 2.10 bits per heavy atom. The Bertz CT molecular complexity index is 487. The molecular formula is C15H19ClFNO2. The molecular weight excluding hydrogens is 281 g/mol. The van der Waals surface area contributed by atoms with E-state index in [0.717, 1.165) is 32.4 Å². The Hall–Kier alpha value is -1.00. The highest BCUT2D eigenvalue weighted by molar-refractivity contribution is 6.32. The van der Waals surface area contributed by atoms with Crippen LogP contribution in [0, 0.1) is 17.7 Å². The zero-order valence-corrected chi connectivity index (χ0v) is 12.3. The summed E-state index contributed by atoms with van der Waals surface area (Å²) in [6.07, 6.45) is 3.43. The third kappa shape index (κ3) is 2.72. The highest BCUT2D eigenvalue weighted by atomic mass is 35.5. The summed E-state index contributed by atoms with van der Waals surface area (Å²) in [4.78, 5) is 0. The summed E-state index contributed by atoms with van der Waals surface area (Å²) in [7, 11) is 1.44. The maximum Gasteiger partial charge on any atom is 0.208 e. The molecule has 1 aliphatic heterocycles. The molecule has 20 heavy (non-hydrogen) atoms. The van der Waals surface area contributed by atoms with Crippen molar-refractivity contribution in [2.75, 3.05) is 20.2 Å². The van der Waals surface area contributed by atoms with E-state index in [2.05, 4.69) is 5.32 Å². The molecule has 1 aromatic rings. The van der Waals surface area contributed by atoms with Crippen LogP contribution < -0.4 is 14.8 Å². The van der Waals surface area contributed by atoms with Gasteiger partial charge in [0.1, 0.15) is 6.10 Å². The fraction of sp³-hybridized carbons (Fsp3) is 0.600. The lowest BCUT2D eigenvalue weighted by molar-refractivity contribution is 0.115. The third-order valence-corrected chi connectivity index (χ3v) is 4.43. The highest BCUT2D eigenvalue weighted by Gasteiger charge is 2.40. The second kappa shape index (κ2) is 5.78. The predicted molar refractivity (Wildman–Crippen MR) is 76.1 cm³/mol. The number of hydrogen-bond acceptors (Lipinski definition) is 3. The number of halogens is 2. The van der Waals surface area contributed by atoms with Crippen LogP contribution in [0.1, 0.15) is 19.3 Å². The van der Waals surface area contributed by atoms with Gasteiger partial charge in [0, 0.05) is 12.5 Å². The smallest absolute Gasteiger partial charge is 0.208 e. The van der Waals surface area contributed by atoms with Gasteiger partial charge >= 0.3 is 0 Å². The highest BCUT2D eigenvalue weighted by Crippen LogP contribution is 2.42. The van der Waals surface area contributed by atoms with Crippen molar-refractivity contribution >= 4 is 11.6 Å².